The summed E-state index contributed by atoms with van der Waals surface area (Å²) >= 11 is 0. The van der Waals surface area contributed by atoms with Gasteiger partial charge in [-0.1, -0.05) is 24.4 Å². The van der Waals surface area contributed by atoms with Crippen LogP contribution >= 0.6 is 0 Å². The summed E-state index contributed by atoms with van der Waals surface area (Å²) in [4.78, 5) is 32.9. The first-order valence-electron chi connectivity index (χ1n) is 9.54. The summed E-state index contributed by atoms with van der Waals surface area (Å²) in [5, 5.41) is 9.65. The molecule has 28 heavy (non-hydrogen) atoms. The molecule has 2 heterocycles. The van der Waals surface area contributed by atoms with E-state index in [-0.39, 0.29) is 6.61 Å². The number of carbonyl (C=O) groups is 2. The van der Waals surface area contributed by atoms with Crippen LogP contribution in [0.25, 0.3) is 11.4 Å². The smallest absolute Gasteiger partial charge is 0.328 e. The second-order valence-electron chi connectivity index (χ2n) is 6.88. The van der Waals surface area contributed by atoms with E-state index < -0.39 is 23.6 Å². The van der Waals surface area contributed by atoms with Gasteiger partial charge in [0.25, 0.3) is 5.89 Å². The second-order valence-corrected chi connectivity index (χ2v) is 6.88. The minimum Gasteiger partial charge on any atom is -0.464 e. The molecule has 0 saturated heterocycles. The number of hydrogen-bond acceptors (Lipinski definition) is 7. The maximum Gasteiger partial charge on any atom is 0.328 e. The van der Waals surface area contributed by atoms with Crippen molar-refractivity contribution >= 4 is 12.0 Å². The molecule has 1 fully saturated rings. The first kappa shape index (κ1) is 19.8. The number of amides is 2. The van der Waals surface area contributed by atoms with Gasteiger partial charge in [0, 0.05) is 18.0 Å². The molecule has 0 aliphatic heterocycles. The van der Waals surface area contributed by atoms with Crippen molar-refractivity contribution < 1.29 is 18.8 Å². The third kappa shape index (κ3) is 4.47. The Hall–Kier alpha value is -2.97. The highest BCUT2D eigenvalue weighted by molar-refractivity contribution is 5.83. The van der Waals surface area contributed by atoms with Crippen LogP contribution in [0, 0.1) is 0 Å². The lowest BCUT2D eigenvalue weighted by molar-refractivity contribution is -0.144. The summed E-state index contributed by atoms with van der Waals surface area (Å²) in [5.41, 5.74) is -0.0201. The van der Waals surface area contributed by atoms with Gasteiger partial charge in [-0.3, -0.25) is 4.98 Å². The van der Waals surface area contributed by atoms with Crippen molar-refractivity contribution in [2.75, 3.05) is 6.61 Å². The molecule has 1 aliphatic rings. The molecule has 1 saturated carbocycles. The highest BCUT2D eigenvalue weighted by Gasteiger charge is 2.41. The predicted molar refractivity (Wildman–Crippen MR) is 100 cm³/mol. The number of rotatable bonds is 6. The monoisotopic (exact) mass is 387 g/mol. The summed E-state index contributed by atoms with van der Waals surface area (Å²) < 4.78 is 10.5. The second kappa shape index (κ2) is 8.81. The summed E-state index contributed by atoms with van der Waals surface area (Å²) in [6.45, 7) is 3.56. The van der Waals surface area contributed by atoms with Crippen molar-refractivity contribution in [3.8, 4) is 11.4 Å². The van der Waals surface area contributed by atoms with E-state index in [0.717, 1.165) is 24.8 Å². The molecule has 1 aliphatic carbocycles. The van der Waals surface area contributed by atoms with Crippen molar-refractivity contribution in [2.45, 2.75) is 57.5 Å². The fourth-order valence-corrected chi connectivity index (χ4v) is 3.35. The first-order valence-corrected chi connectivity index (χ1v) is 9.54. The van der Waals surface area contributed by atoms with Gasteiger partial charge in [-0.2, -0.15) is 4.98 Å². The Bertz CT molecular complexity index is 802. The van der Waals surface area contributed by atoms with Crippen molar-refractivity contribution in [3.05, 3.63) is 30.4 Å². The van der Waals surface area contributed by atoms with E-state index in [2.05, 4.69) is 25.8 Å². The molecule has 150 valence electrons. The lowest BCUT2D eigenvalue weighted by Gasteiger charge is -2.34. The molecule has 0 bridgehead atoms. The van der Waals surface area contributed by atoms with E-state index in [0.29, 0.717) is 24.6 Å². The van der Waals surface area contributed by atoms with E-state index in [9.17, 15) is 9.59 Å². The Balaban J connectivity index is 1.77. The fraction of sp³-hybridized carbons (Fsp3) is 0.526. The molecule has 3 rings (SSSR count). The SMILES string of the molecule is CCOC(=O)C(C)NC(=O)NC1(c2nc(-c3cccnc3)no2)CCCCC1. The van der Waals surface area contributed by atoms with Crippen LogP contribution in [0.2, 0.25) is 0 Å². The average molecular weight is 387 g/mol. The molecule has 2 aromatic rings. The Labute approximate surface area is 163 Å². The maximum atomic E-state index is 12.6. The van der Waals surface area contributed by atoms with Crippen molar-refractivity contribution in [3.63, 3.8) is 0 Å². The highest BCUT2D eigenvalue weighted by atomic mass is 16.5. The Morgan fingerprint density at radius 3 is 2.79 bits per heavy atom. The molecule has 2 amide bonds. The number of urea groups is 1. The van der Waals surface area contributed by atoms with Crippen LogP contribution in [0.15, 0.2) is 29.0 Å². The van der Waals surface area contributed by atoms with Gasteiger partial charge in [0.15, 0.2) is 0 Å². The van der Waals surface area contributed by atoms with E-state index in [1.807, 2.05) is 6.07 Å². The van der Waals surface area contributed by atoms with Crippen LogP contribution in [0.4, 0.5) is 4.79 Å². The van der Waals surface area contributed by atoms with Gasteiger partial charge in [0.05, 0.1) is 6.61 Å². The van der Waals surface area contributed by atoms with Crippen molar-refractivity contribution in [1.82, 2.24) is 25.8 Å². The lowest BCUT2D eigenvalue weighted by atomic mass is 9.81. The summed E-state index contributed by atoms with van der Waals surface area (Å²) in [6, 6.07) is 2.42. The zero-order valence-electron chi connectivity index (χ0n) is 16.1. The van der Waals surface area contributed by atoms with Gasteiger partial charge < -0.3 is 19.9 Å². The standard InChI is InChI=1S/C19H25N5O4/c1-3-27-16(25)13(2)21-18(26)23-19(9-5-4-6-10-19)17-22-15(24-28-17)14-8-7-11-20-12-14/h7-8,11-13H,3-6,9-10H2,1-2H3,(H2,21,23,26). The zero-order chi connectivity index (χ0) is 20.0. The van der Waals surface area contributed by atoms with Crippen LogP contribution in [0.3, 0.4) is 0 Å². The normalized spacial score (nSPS) is 16.8. The van der Waals surface area contributed by atoms with E-state index in [1.165, 1.54) is 0 Å². The van der Waals surface area contributed by atoms with Gasteiger partial charge in [-0.05, 0) is 38.8 Å². The zero-order valence-corrected chi connectivity index (χ0v) is 16.1. The summed E-state index contributed by atoms with van der Waals surface area (Å²) in [7, 11) is 0. The molecular formula is C19H25N5O4. The average Bonchev–Trinajstić information content (AvgIpc) is 3.20. The number of aromatic nitrogens is 3. The van der Waals surface area contributed by atoms with Crippen molar-refractivity contribution in [2.24, 2.45) is 0 Å². The minimum absolute atomic E-state index is 0.259. The number of pyridine rings is 1. The number of esters is 1. The van der Waals surface area contributed by atoms with Gasteiger partial charge in [0.1, 0.15) is 11.6 Å². The van der Waals surface area contributed by atoms with Crippen LogP contribution in [-0.4, -0.2) is 39.8 Å². The Morgan fingerprint density at radius 2 is 2.11 bits per heavy atom. The fourth-order valence-electron chi connectivity index (χ4n) is 3.35. The van der Waals surface area contributed by atoms with Gasteiger partial charge in [-0.15, -0.1) is 0 Å². The molecule has 2 N–H and O–H groups in total. The lowest BCUT2D eigenvalue weighted by Crippen LogP contribution is -2.54. The van der Waals surface area contributed by atoms with Crippen LogP contribution < -0.4 is 10.6 Å². The first-order chi connectivity index (χ1) is 13.5. The summed E-state index contributed by atoms with van der Waals surface area (Å²) in [5.74, 6) is 0.312. The van der Waals surface area contributed by atoms with Crippen molar-refractivity contribution in [1.29, 1.82) is 0 Å². The van der Waals surface area contributed by atoms with E-state index >= 15 is 0 Å². The Morgan fingerprint density at radius 1 is 1.32 bits per heavy atom. The topological polar surface area (TPSA) is 119 Å². The third-order valence-corrected chi connectivity index (χ3v) is 4.80. The number of hydrogen-bond donors (Lipinski definition) is 2. The predicted octanol–water partition coefficient (Wildman–Crippen LogP) is 2.54. The van der Waals surface area contributed by atoms with E-state index in [1.54, 1.807) is 32.3 Å². The maximum absolute atomic E-state index is 12.6. The number of nitrogens with one attached hydrogen (secondary N) is 2. The number of nitrogens with zero attached hydrogens (tertiary/aromatic N) is 3. The van der Waals surface area contributed by atoms with E-state index in [4.69, 9.17) is 9.26 Å². The van der Waals surface area contributed by atoms with Crippen LogP contribution in [0.1, 0.15) is 51.8 Å². The largest absolute Gasteiger partial charge is 0.464 e. The molecule has 9 nitrogen and oxygen atoms in total. The van der Waals surface area contributed by atoms with Crippen LogP contribution in [0.5, 0.6) is 0 Å². The summed E-state index contributed by atoms with van der Waals surface area (Å²) in [6.07, 6.45) is 7.63. The van der Waals surface area contributed by atoms with Gasteiger partial charge in [0.2, 0.25) is 5.82 Å². The third-order valence-electron chi connectivity index (χ3n) is 4.80. The Kier molecular flexibility index (Phi) is 6.23. The minimum atomic E-state index is -0.760. The quantitative estimate of drug-likeness (QED) is 0.731. The van der Waals surface area contributed by atoms with Crippen LogP contribution in [-0.2, 0) is 15.1 Å². The molecule has 0 aromatic carbocycles. The number of carbonyl (C=O) groups excluding carboxylic acids is 2. The molecule has 0 spiro atoms. The molecule has 1 atom stereocenters. The van der Waals surface area contributed by atoms with Gasteiger partial charge >= 0.3 is 12.0 Å². The molecule has 1 unspecified atom stereocenters. The number of ether oxygens (including phenoxy) is 1. The molecule has 9 heteroatoms. The van der Waals surface area contributed by atoms with Gasteiger partial charge in [-0.25, -0.2) is 9.59 Å². The molecular weight excluding hydrogens is 362 g/mol. The highest BCUT2D eigenvalue weighted by Crippen LogP contribution is 2.37. The molecule has 2 aromatic heterocycles. The molecule has 0 radical (unpaired) electrons.